The molecule has 0 saturated heterocycles. The van der Waals surface area contributed by atoms with Gasteiger partial charge in [-0.2, -0.15) is 0 Å². The van der Waals surface area contributed by atoms with E-state index in [-0.39, 0.29) is 5.25 Å². The van der Waals surface area contributed by atoms with Crippen molar-refractivity contribution in [2.24, 2.45) is 0 Å². The minimum Gasteiger partial charge on any atom is -0.336 e. The topological polar surface area (TPSA) is 17.8 Å². The Bertz CT molecular complexity index is 626. The van der Waals surface area contributed by atoms with Crippen molar-refractivity contribution in [3.63, 3.8) is 0 Å². The van der Waals surface area contributed by atoms with Gasteiger partial charge >= 0.3 is 0 Å². The predicted octanol–water partition coefficient (Wildman–Crippen LogP) is 6.80. The summed E-state index contributed by atoms with van der Waals surface area (Å²) in [6.07, 6.45) is 15.2. The number of rotatable bonds is 10. The van der Waals surface area contributed by atoms with Gasteiger partial charge in [-0.25, -0.2) is 4.98 Å². The van der Waals surface area contributed by atoms with Gasteiger partial charge in [0.25, 0.3) is 0 Å². The highest BCUT2D eigenvalue weighted by molar-refractivity contribution is 7.99. The second-order valence-electron chi connectivity index (χ2n) is 5.71. The summed E-state index contributed by atoms with van der Waals surface area (Å²) in [6.45, 7) is 3.08. The Hall–Kier alpha value is -0.900. The third-order valence-electron chi connectivity index (χ3n) is 3.78. The van der Waals surface area contributed by atoms with Crippen LogP contribution in [0.5, 0.6) is 0 Å². The molecule has 0 radical (unpaired) electrons. The van der Waals surface area contributed by atoms with Crippen molar-refractivity contribution in [3.8, 4) is 0 Å². The zero-order valence-corrected chi connectivity index (χ0v) is 16.3. The third kappa shape index (κ3) is 6.54. The first kappa shape index (κ1) is 19.4. The summed E-state index contributed by atoms with van der Waals surface area (Å²) >= 11 is 14.3. The number of aromatic nitrogens is 2. The van der Waals surface area contributed by atoms with E-state index in [4.69, 9.17) is 23.2 Å². The van der Waals surface area contributed by atoms with E-state index in [1.54, 1.807) is 6.20 Å². The fourth-order valence-electron chi connectivity index (χ4n) is 2.46. The largest absolute Gasteiger partial charge is 0.336 e. The van der Waals surface area contributed by atoms with Crippen LogP contribution in [0.25, 0.3) is 0 Å². The second-order valence-corrected chi connectivity index (χ2v) is 7.79. The molecule has 0 fully saturated rings. The van der Waals surface area contributed by atoms with Crippen LogP contribution in [0.4, 0.5) is 0 Å². The lowest BCUT2D eigenvalue weighted by Crippen LogP contribution is -2.06. The quantitative estimate of drug-likeness (QED) is 0.332. The molecular formula is C19H24Cl2N2S. The Morgan fingerprint density at radius 3 is 2.83 bits per heavy atom. The molecule has 0 aliphatic carbocycles. The van der Waals surface area contributed by atoms with Gasteiger partial charge in [-0.3, -0.25) is 0 Å². The van der Waals surface area contributed by atoms with Gasteiger partial charge in [-0.15, -0.1) is 11.8 Å². The van der Waals surface area contributed by atoms with Crippen LogP contribution in [0.15, 0.2) is 49.1 Å². The lowest BCUT2D eigenvalue weighted by atomic mass is 10.1. The van der Waals surface area contributed by atoms with E-state index in [1.807, 2.05) is 42.5 Å². The van der Waals surface area contributed by atoms with Gasteiger partial charge in [0.2, 0.25) is 0 Å². The summed E-state index contributed by atoms with van der Waals surface area (Å²) < 4.78 is 2.09. The number of imidazole rings is 1. The maximum absolute atomic E-state index is 6.42. The van der Waals surface area contributed by atoms with Crippen LogP contribution in [0.1, 0.15) is 43.4 Å². The molecular weight excluding hydrogens is 359 g/mol. The molecule has 5 heteroatoms. The predicted molar refractivity (Wildman–Crippen MR) is 107 cm³/mol. The maximum Gasteiger partial charge on any atom is 0.0946 e. The summed E-state index contributed by atoms with van der Waals surface area (Å²) in [7, 11) is 0. The standard InChI is InChI=1S/C19H24Cl2N2S/c1-2-3-4-5-6-7-12-24-19(14-23-11-10-22-15-23)17-9-8-16(20)13-18(17)21/h6-11,13,15,19H,2-5,12,14H2,1H3. The lowest BCUT2D eigenvalue weighted by molar-refractivity contribution is 0.684. The number of benzene rings is 1. The van der Waals surface area contributed by atoms with Crippen LogP contribution in [0, 0.1) is 0 Å². The summed E-state index contributed by atoms with van der Waals surface area (Å²) in [4.78, 5) is 4.13. The molecule has 1 atom stereocenters. The Kier molecular flexibility index (Phi) is 8.79. The van der Waals surface area contributed by atoms with Crippen molar-refractivity contribution < 1.29 is 0 Å². The van der Waals surface area contributed by atoms with Crippen LogP contribution in [-0.2, 0) is 6.54 Å². The molecule has 0 amide bonds. The molecule has 0 aliphatic heterocycles. The highest BCUT2D eigenvalue weighted by Gasteiger charge is 2.16. The van der Waals surface area contributed by atoms with Gasteiger partial charge in [-0.05, 0) is 30.5 Å². The molecule has 2 rings (SSSR count). The molecule has 1 heterocycles. The zero-order valence-electron chi connectivity index (χ0n) is 14.0. The van der Waals surface area contributed by atoms with Gasteiger partial charge in [0.1, 0.15) is 0 Å². The van der Waals surface area contributed by atoms with Crippen molar-refractivity contribution in [1.82, 2.24) is 9.55 Å². The number of thioether (sulfide) groups is 1. The van der Waals surface area contributed by atoms with Crippen LogP contribution in [0.2, 0.25) is 10.0 Å². The molecule has 0 spiro atoms. The Labute approximate surface area is 159 Å². The molecule has 0 bridgehead atoms. The monoisotopic (exact) mass is 382 g/mol. The van der Waals surface area contributed by atoms with E-state index >= 15 is 0 Å². The second kappa shape index (κ2) is 10.9. The van der Waals surface area contributed by atoms with Crippen molar-refractivity contribution >= 4 is 35.0 Å². The molecule has 0 aliphatic rings. The van der Waals surface area contributed by atoms with Crippen LogP contribution in [-0.4, -0.2) is 15.3 Å². The molecule has 2 nitrogen and oxygen atoms in total. The number of hydrogen-bond acceptors (Lipinski definition) is 2. The van der Waals surface area contributed by atoms with Crippen LogP contribution in [0.3, 0.4) is 0 Å². The fourth-order valence-corrected chi connectivity index (χ4v) is 4.21. The normalized spacial score (nSPS) is 12.8. The smallest absolute Gasteiger partial charge is 0.0946 e. The Morgan fingerprint density at radius 2 is 2.12 bits per heavy atom. The summed E-state index contributed by atoms with van der Waals surface area (Å²) in [5, 5.41) is 1.67. The van der Waals surface area contributed by atoms with E-state index in [9.17, 15) is 0 Å². The van der Waals surface area contributed by atoms with E-state index in [0.717, 1.165) is 22.9 Å². The molecule has 1 unspecified atom stereocenters. The van der Waals surface area contributed by atoms with E-state index in [1.165, 1.54) is 25.7 Å². The highest BCUT2D eigenvalue weighted by Crippen LogP contribution is 2.36. The molecule has 2 aromatic rings. The molecule has 24 heavy (non-hydrogen) atoms. The SMILES string of the molecule is CCCCCC=CCSC(Cn1ccnc1)c1ccc(Cl)cc1Cl. The molecule has 1 aromatic heterocycles. The van der Waals surface area contributed by atoms with Gasteiger partial charge < -0.3 is 4.57 Å². The number of allylic oxidation sites excluding steroid dienone is 1. The number of unbranched alkanes of at least 4 members (excludes halogenated alkanes) is 3. The Morgan fingerprint density at radius 1 is 1.25 bits per heavy atom. The van der Waals surface area contributed by atoms with Crippen LogP contribution < -0.4 is 0 Å². The minimum atomic E-state index is 0.268. The van der Waals surface area contributed by atoms with Gasteiger partial charge in [0, 0.05) is 40.0 Å². The summed E-state index contributed by atoms with van der Waals surface area (Å²) in [5.41, 5.74) is 1.12. The highest BCUT2D eigenvalue weighted by atomic mass is 35.5. The van der Waals surface area contributed by atoms with Gasteiger partial charge in [0.15, 0.2) is 0 Å². The van der Waals surface area contributed by atoms with Gasteiger partial charge in [0.05, 0.1) is 6.33 Å². The number of nitrogens with zero attached hydrogens (tertiary/aromatic N) is 2. The number of halogens is 2. The molecule has 130 valence electrons. The minimum absolute atomic E-state index is 0.268. The third-order valence-corrected chi connectivity index (χ3v) is 5.53. The van der Waals surface area contributed by atoms with Crippen molar-refractivity contribution in [1.29, 1.82) is 0 Å². The Balaban J connectivity index is 1.98. The molecule has 1 aromatic carbocycles. The van der Waals surface area contributed by atoms with E-state index in [0.29, 0.717) is 5.02 Å². The van der Waals surface area contributed by atoms with Gasteiger partial charge in [-0.1, -0.05) is 61.2 Å². The molecule has 0 saturated carbocycles. The van der Waals surface area contributed by atoms with Crippen molar-refractivity contribution in [2.45, 2.75) is 44.4 Å². The summed E-state index contributed by atoms with van der Waals surface area (Å²) in [6, 6.07) is 5.76. The number of hydrogen-bond donors (Lipinski definition) is 0. The maximum atomic E-state index is 6.42. The fraction of sp³-hybridized carbons (Fsp3) is 0.421. The average Bonchev–Trinajstić information content (AvgIpc) is 3.06. The first-order chi connectivity index (χ1) is 11.7. The van der Waals surface area contributed by atoms with Crippen molar-refractivity contribution in [3.05, 3.63) is 64.7 Å². The average molecular weight is 383 g/mol. The van der Waals surface area contributed by atoms with E-state index < -0.39 is 0 Å². The zero-order chi connectivity index (χ0) is 17.2. The van der Waals surface area contributed by atoms with E-state index in [2.05, 4.69) is 28.6 Å². The van der Waals surface area contributed by atoms with Crippen LogP contribution >= 0.6 is 35.0 Å². The lowest BCUT2D eigenvalue weighted by Gasteiger charge is -2.18. The first-order valence-corrected chi connectivity index (χ1v) is 10.2. The van der Waals surface area contributed by atoms with Crippen molar-refractivity contribution in [2.75, 3.05) is 5.75 Å². The molecule has 0 N–H and O–H groups in total. The first-order valence-electron chi connectivity index (χ1n) is 8.38. The summed E-state index contributed by atoms with van der Waals surface area (Å²) in [5.74, 6) is 0.977.